The van der Waals surface area contributed by atoms with Gasteiger partial charge in [0.2, 0.25) is 5.71 Å². The number of hydrazone groups is 1. The second-order valence-electron chi connectivity index (χ2n) is 3.13. The maximum atomic E-state index is 11.1. The molecule has 1 rings (SSSR count). The molecule has 0 saturated carbocycles. The molecule has 0 atom stereocenters. The van der Waals surface area contributed by atoms with Crippen molar-refractivity contribution in [1.29, 1.82) is 5.26 Å². The molecule has 16 heavy (non-hydrogen) atoms. The molecule has 1 aromatic carbocycles. The molecule has 0 fully saturated rings. The number of rotatable bonds is 3. The van der Waals surface area contributed by atoms with Gasteiger partial charge in [-0.05, 0) is 19.1 Å². The predicted molar refractivity (Wildman–Crippen MR) is 61.9 cm³/mol. The highest BCUT2D eigenvalue weighted by Crippen LogP contribution is 2.08. The number of carbonyl (C=O) groups excluding carboxylic acids is 1. The molecule has 5 heteroatoms. The van der Waals surface area contributed by atoms with Crippen LogP contribution in [0.4, 0.5) is 5.69 Å². The van der Waals surface area contributed by atoms with Crippen LogP contribution in [0.1, 0.15) is 5.56 Å². The highest BCUT2D eigenvalue weighted by molar-refractivity contribution is 6.45. The number of hydrogen-bond donors (Lipinski definition) is 2. The maximum absolute atomic E-state index is 11.1. The molecule has 0 bridgehead atoms. The number of aryl methyl sites for hydroxylation is 1. The highest BCUT2D eigenvalue weighted by Gasteiger charge is 2.07. The molecular formula is C11H12N4O. The first kappa shape index (κ1) is 11.7. The van der Waals surface area contributed by atoms with Gasteiger partial charge in [-0.25, -0.2) is 0 Å². The van der Waals surface area contributed by atoms with E-state index in [2.05, 4.69) is 15.8 Å². The Bertz CT molecular complexity index is 442. The van der Waals surface area contributed by atoms with Crippen molar-refractivity contribution in [3.8, 4) is 6.07 Å². The molecule has 0 aliphatic rings. The fourth-order valence-electron chi connectivity index (χ4n) is 0.993. The molecule has 0 aliphatic carbocycles. The van der Waals surface area contributed by atoms with E-state index >= 15 is 0 Å². The number of carbonyl (C=O) groups is 1. The molecule has 5 nitrogen and oxygen atoms in total. The monoisotopic (exact) mass is 216 g/mol. The Morgan fingerprint density at radius 1 is 1.38 bits per heavy atom. The average molecular weight is 216 g/mol. The van der Waals surface area contributed by atoms with Crippen LogP contribution < -0.4 is 10.7 Å². The minimum absolute atomic E-state index is 0.205. The Labute approximate surface area is 93.8 Å². The molecule has 0 aliphatic heterocycles. The summed E-state index contributed by atoms with van der Waals surface area (Å²) in [6, 6.07) is 9.16. The Balaban J connectivity index is 2.75. The topological polar surface area (TPSA) is 77.3 Å². The van der Waals surface area contributed by atoms with E-state index in [1.165, 1.54) is 7.05 Å². The second kappa shape index (κ2) is 5.51. The van der Waals surface area contributed by atoms with Crippen molar-refractivity contribution < 1.29 is 4.79 Å². The molecule has 1 aromatic rings. The quantitative estimate of drug-likeness (QED) is 0.585. The Morgan fingerprint density at radius 2 is 2.00 bits per heavy atom. The first-order valence-electron chi connectivity index (χ1n) is 4.70. The molecule has 0 unspecified atom stereocenters. The van der Waals surface area contributed by atoms with Gasteiger partial charge in [0.1, 0.15) is 6.07 Å². The van der Waals surface area contributed by atoms with Crippen LogP contribution >= 0.6 is 0 Å². The summed E-state index contributed by atoms with van der Waals surface area (Å²) in [6.45, 7) is 1.97. The number of anilines is 1. The van der Waals surface area contributed by atoms with E-state index in [0.717, 1.165) is 11.3 Å². The van der Waals surface area contributed by atoms with Crippen LogP contribution in [0.15, 0.2) is 29.4 Å². The van der Waals surface area contributed by atoms with Gasteiger partial charge in [-0.1, -0.05) is 17.7 Å². The van der Waals surface area contributed by atoms with Crippen molar-refractivity contribution in [2.24, 2.45) is 5.10 Å². The summed E-state index contributed by atoms with van der Waals surface area (Å²) in [5.41, 5.74) is 4.29. The largest absolute Gasteiger partial charge is 0.353 e. The lowest BCUT2D eigenvalue weighted by atomic mass is 10.2. The average Bonchev–Trinajstić information content (AvgIpc) is 2.31. The first-order chi connectivity index (χ1) is 7.67. The van der Waals surface area contributed by atoms with Gasteiger partial charge >= 0.3 is 0 Å². The van der Waals surface area contributed by atoms with Crippen molar-refractivity contribution in [2.75, 3.05) is 12.5 Å². The van der Waals surface area contributed by atoms with Crippen LogP contribution in [0.3, 0.4) is 0 Å². The van der Waals surface area contributed by atoms with E-state index < -0.39 is 5.91 Å². The first-order valence-corrected chi connectivity index (χ1v) is 4.70. The fourth-order valence-corrected chi connectivity index (χ4v) is 0.993. The van der Waals surface area contributed by atoms with E-state index in [1.54, 1.807) is 6.07 Å². The van der Waals surface area contributed by atoms with Gasteiger partial charge in [0.15, 0.2) is 0 Å². The molecule has 82 valence electrons. The van der Waals surface area contributed by atoms with E-state index in [-0.39, 0.29) is 5.71 Å². The van der Waals surface area contributed by atoms with Gasteiger partial charge < -0.3 is 5.32 Å². The third-order valence-corrected chi connectivity index (χ3v) is 1.90. The third-order valence-electron chi connectivity index (χ3n) is 1.90. The zero-order valence-corrected chi connectivity index (χ0v) is 9.11. The van der Waals surface area contributed by atoms with Crippen LogP contribution in [0, 0.1) is 18.3 Å². The van der Waals surface area contributed by atoms with Gasteiger partial charge in [0.05, 0.1) is 5.69 Å². The number of nitrogens with one attached hydrogen (secondary N) is 2. The summed E-state index contributed by atoms with van der Waals surface area (Å²) >= 11 is 0. The molecule has 0 spiro atoms. The van der Waals surface area contributed by atoms with Crippen LogP contribution in [-0.2, 0) is 4.79 Å². The normalized spacial score (nSPS) is 10.4. The molecule has 0 aromatic heterocycles. The fraction of sp³-hybridized carbons (Fsp3) is 0.182. The number of benzene rings is 1. The molecule has 0 saturated heterocycles. The summed E-state index contributed by atoms with van der Waals surface area (Å²) < 4.78 is 0. The smallest absolute Gasteiger partial charge is 0.282 e. The second-order valence-corrected chi connectivity index (χ2v) is 3.13. The molecule has 0 heterocycles. The van der Waals surface area contributed by atoms with Gasteiger partial charge in [0.25, 0.3) is 5.91 Å². The van der Waals surface area contributed by atoms with E-state index in [4.69, 9.17) is 5.26 Å². The summed E-state index contributed by atoms with van der Waals surface area (Å²) in [5, 5.41) is 14.7. The lowest BCUT2D eigenvalue weighted by Crippen LogP contribution is -2.27. The Kier molecular flexibility index (Phi) is 4.04. The summed E-state index contributed by atoms with van der Waals surface area (Å²) in [7, 11) is 1.45. The zero-order chi connectivity index (χ0) is 12.0. The Hall–Kier alpha value is -2.35. The number of nitrogens with zero attached hydrogens (tertiary/aromatic N) is 2. The maximum Gasteiger partial charge on any atom is 0.282 e. The van der Waals surface area contributed by atoms with Gasteiger partial charge in [-0.15, -0.1) is 0 Å². The molecular weight excluding hydrogens is 204 g/mol. The van der Waals surface area contributed by atoms with Crippen LogP contribution in [0.25, 0.3) is 0 Å². The molecule has 1 amide bonds. The SMILES string of the molecule is CNC(=O)/C(C#N)=N\Nc1ccc(C)cc1. The van der Waals surface area contributed by atoms with Crippen molar-refractivity contribution in [3.63, 3.8) is 0 Å². The van der Waals surface area contributed by atoms with Crippen molar-refractivity contribution in [1.82, 2.24) is 5.32 Å². The summed E-state index contributed by atoms with van der Waals surface area (Å²) in [6.07, 6.45) is 0. The highest BCUT2D eigenvalue weighted by atomic mass is 16.1. The van der Waals surface area contributed by atoms with Gasteiger partial charge in [0, 0.05) is 7.05 Å². The van der Waals surface area contributed by atoms with E-state index in [1.807, 2.05) is 31.2 Å². The standard InChI is InChI=1S/C11H12N4O/c1-8-3-5-9(6-4-8)14-15-10(7-12)11(16)13-2/h3-6,14H,1-2H3,(H,13,16)/b15-10-. The molecule has 0 radical (unpaired) electrons. The van der Waals surface area contributed by atoms with Gasteiger partial charge in [-0.2, -0.15) is 10.4 Å². The minimum atomic E-state index is -0.512. The van der Waals surface area contributed by atoms with E-state index in [0.29, 0.717) is 0 Å². The van der Waals surface area contributed by atoms with Crippen LogP contribution in [0.5, 0.6) is 0 Å². The van der Waals surface area contributed by atoms with Gasteiger partial charge in [-0.3, -0.25) is 10.2 Å². The van der Waals surface area contributed by atoms with Crippen molar-refractivity contribution in [2.45, 2.75) is 6.92 Å². The van der Waals surface area contributed by atoms with Crippen LogP contribution in [-0.4, -0.2) is 18.7 Å². The third kappa shape index (κ3) is 3.10. The van der Waals surface area contributed by atoms with Crippen LogP contribution in [0.2, 0.25) is 0 Å². The lowest BCUT2D eigenvalue weighted by Gasteiger charge is -2.01. The summed E-state index contributed by atoms with van der Waals surface area (Å²) in [4.78, 5) is 11.1. The predicted octanol–water partition coefficient (Wildman–Crippen LogP) is 1.03. The number of hydrogen-bond acceptors (Lipinski definition) is 4. The molecule has 2 N–H and O–H groups in total. The zero-order valence-electron chi connectivity index (χ0n) is 9.11. The van der Waals surface area contributed by atoms with Crippen molar-refractivity contribution in [3.05, 3.63) is 29.8 Å². The Morgan fingerprint density at radius 3 is 2.50 bits per heavy atom. The number of nitriles is 1. The van der Waals surface area contributed by atoms with Crippen molar-refractivity contribution >= 4 is 17.3 Å². The minimum Gasteiger partial charge on any atom is -0.353 e. The summed E-state index contributed by atoms with van der Waals surface area (Å²) in [5.74, 6) is -0.512. The lowest BCUT2D eigenvalue weighted by molar-refractivity contribution is -0.114. The number of amides is 1. The van der Waals surface area contributed by atoms with E-state index in [9.17, 15) is 4.79 Å².